The molecule has 1 heterocycles. The molecule has 9 heteroatoms. The van der Waals surface area contributed by atoms with Gasteiger partial charge in [-0.15, -0.1) is 0 Å². The van der Waals surface area contributed by atoms with E-state index in [2.05, 4.69) is 16.7 Å². The van der Waals surface area contributed by atoms with E-state index in [9.17, 15) is 13.2 Å². The van der Waals surface area contributed by atoms with Gasteiger partial charge in [-0.2, -0.15) is 0 Å². The van der Waals surface area contributed by atoms with Crippen LogP contribution in [0.3, 0.4) is 0 Å². The minimum absolute atomic E-state index is 0.00760. The molecule has 1 aromatic rings. The zero-order chi connectivity index (χ0) is 19.0. The van der Waals surface area contributed by atoms with Crippen LogP contribution in [-0.2, 0) is 40.4 Å². The molecular weight excluding hydrogens is 368 g/mol. The number of amides is 2. The Morgan fingerprint density at radius 2 is 1.81 bits per heavy atom. The van der Waals surface area contributed by atoms with E-state index in [1.165, 1.54) is 11.1 Å². The molecule has 27 heavy (non-hydrogen) atoms. The number of nitrogens with one attached hydrogen (secondary N) is 4. The van der Waals surface area contributed by atoms with Gasteiger partial charge in [0, 0.05) is 11.9 Å². The molecule has 1 saturated heterocycles. The van der Waals surface area contributed by atoms with Gasteiger partial charge in [-0.05, 0) is 60.8 Å². The van der Waals surface area contributed by atoms with Gasteiger partial charge < -0.3 is 20.8 Å². The Bertz CT molecular complexity index is 912. The number of rotatable bonds is 4. The average Bonchev–Trinajstić information content (AvgIpc) is 3.35. The van der Waals surface area contributed by atoms with Gasteiger partial charge in [0.15, 0.2) is 4.91 Å². The number of carbonyl (C=O) groups excluding carboxylic acids is 1. The maximum Gasteiger partial charge on any atom is 0.333 e. The molecule has 0 bridgehead atoms. The fourth-order valence-electron chi connectivity index (χ4n) is 4.08. The van der Waals surface area contributed by atoms with Crippen LogP contribution in [0.15, 0.2) is 16.9 Å². The first-order valence-corrected chi connectivity index (χ1v) is 10.6. The van der Waals surface area contributed by atoms with E-state index >= 15 is 0 Å². The number of hydrogen-bond acceptors (Lipinski definition) is 6. The lowest BCUT2D eigenvalue weighted by atomic mass is 9.99. The number of carbonyl (C=O) groups is 1. The molecule has 0 unspecified atom stereocenters. The Kier molecular flexibility index (Phi) is 4.55. The molecule has 0 atom stereocenters. The van der Waals surface area contributed by atoms with Gasteiger partial charge >= 0.3 is 6.03 Å². The quantitative estimate of drug-likeness (QED) is 0.582. The number of urea groups is 1. The first-order chi connectivity index (χ1) is 13.0. The monoisotopic (exact) mass is 390 g/mol. The van der Waals surface area contributed by atoms with Crippen molar-refractivity contribution in [1.29, 1.82) is 5.41 Å². The van der Waals surface area contributed by atoms with Crippen molar-refractivity contribution in [3.63, 3.8) is 0 Å². The summed E-state index contributed by atoms with van der Waals surface area (Å²) in [5.41, 5.74) is 5.51. The van der Waals surface area contributed by atoms with Gasteiger partial charge in [-0.3, -0.25) is 0 Å². The standard InChI is InChI=1S/C18H22N4O4S/c19-10-15(17-20-7-8-26-17)27(24,25)22-18(23)21-16-13-5-1-3-11(13)9-12-4-2-6-14(12)16/h9-10,19-20H,1-8H2,(H2,21,22,23)/b17-15-,19-10?. The molecule has 8 nitrogen and oxygen atoms in total. The second-order valence-corrected chi connectivity index (χ2v) is 8.56. The topological polar surface area (TPSA) is 120 Å². The lowest BCUT2D eigenvalue weighted by molar-refractivity contribution is 0.256. The highest BCUT2D eigenvalue weighted by Crippen LogP contribution is 2.38. The van der Waals surface area contributed by atoms with Crippen LogP contribution in [0.2, 0.25) is 0 Å². The van der Waals surface area contributed by atoms with Gasteiger partial charge in [0.1, 0.15) is 6.61 Å². The predicted octanol–water partition coefficient (Wildman–Crippen LogP) is 1.55. The molecular formula is C18H22N4O4S. The van der Waals surface area contributed by atoms with Gasteiger partial charge in [0.25, 0.3) is 10.0 Å². The van der Waals surface area contributed by atoms with Crippen LogP contribution in [0.5, 0.6) is 0 Å². The molecule has 0 saturated carbocycles. The summed E-state index contributed by atoms with van der Waals surface area (Å²) in [4.78, 5) is 12.1. The van der Waals surface area contributed by atoms with E-state index in [-0.39, 0.29) is 5.88 Å². The zero-order valence-corrected chi connectivity index (χ0v) is 15.7. The van der Waals surface area contributed by atoms with Crippen molar-refractivity contribution in [2.45, 2.75) is 38.5 Å². The first-order valence-electron chi connectivity index (χ1n) is 9.11. The Morgan fingerprint density at radius 3 is 2.37 bits per heavy atom. The lowest BCUT2D eigenvalue weighted by Gasteiger charge is -2.17. The lowest BCUT2D eigenvalue weighted by Crippen LogP contribution is -2.37. The Hall–Kier alpha value is -2.55. The smallest absolute Gasteiger partial charge is 0.333 e. The summed E-state index contributed by atoms with van der Waals surface area (Å²) in [6.07, 6.45) is 6.51. The molecule has 2 amide bonds. The van der Waals surface area contributed by atoms with Crippen molar-refractivity contribution < 1.29 is 17.9 Å². The van der Waals surface area contributed by atoms with Crippen LogP contribution < -0.4 is 15.4 Å². The van der Waals surface area contributed by atoms with Gasteiger partial charge in [-0.1, -0.05) is 6.07 Å². The molecule has 0 radical (unpaired) electrons. The summed E-state index contributed by atoms with van der Waals surface area (Å²) in [5, 5.41) is 12.9. The van der Waals surface area contributed by atoms with E-state index in [0.29, 0.717) is 19.4 Å². The van der Waals surface area contributed by atoms with Crippen LogP contribution in [0.25, 0.3) is 0 Å². The summed E-state index contributed by atoms with van der Waals surface area (Å²) < 4.78 is 32.2. The van der Waals surface area contributed by atoms with E-state index in [1.807, 2.05) is 4.72 Å². The molecule has 3 aliphatic rings. The van der Waals surface area contributed by atoms with Gasteiger partial charge in [0.2, 0.25) is 5.88 Å². The largest absolute Gasteiger partial charge is 0.476 e. The van der Waals surface area contributed by atoms with Crippen LogP contribution in [0, 0.1) is 5.41 Å². The summed E-state index contributed by atoms with van der Waals surface area (Å²) in [7, 11) is -4.22. The van der Waals surface area contributed by atoms with Gasteiger partial charge in [-0.25, -0.2) is 17.9 Å². The summed E-state index contributed by atoms with van der Waals surface area (Å²) in [6, 6.07) is 1.42. The van der Waals surface area contributed by atoms with E-state index in [4.69, 9.17) is 10.1 Å². The van der Waals surface area contributed by atoms with Crippen LogP contribution in [-0.4, -0.2) is 33.8 Å². The van der Waals surface area contributed by atoms with E-state index in [0.717, 1.165) is 55.3 Å². The normalized spacial score (nSPS) is 19.6. The third-order valence-corrected chi connectivity index (χ3v) is 6.55. The minimum atomic E-state index is -4.22. The number of allylic oxidation sites excluding steroid dienone is 1. The number of hydrogen-bond donors (Lipinski definition) is 4. The Labute approximate surface area is 157 Å². The number of fused-ring (bicyclic) bond motifs is 2. The van der Waals surface area contributed by atoms with Crippen molar-refractivity contribution in [1.82, 2.24) is 10.0 Å². The zero-order valence-electron chi connectivity index (χ0n) is 14.9. The highest BCUT2D eigenvalue weighted by atomic mass is 32.2. The Morgan fingerprint density at radius 1 is 1.15 bits per heavy atom. The van der Waals surface area contributed by atoms with Crippen molar-refractivity contribution >= 4 is 28.0 Å². The molecule has 144 valence electrons. The van der Waals surface area contributed by atoms with Crippen molar-refractivity contribution in [2.24, 2.45) is 0 Å². The molecule has 4 N–H and O–H groups in total. The van der Waals surface area contributed by atoms with Crippen LogP contribution in [0.1, 0.15) is 35.1 Å². The van der Waals surface area contributed by atoms with Crippen LogP contribution in [0.4, 0.5) is 10.5 Å². The summed E-state index contributed by atoms with van der Waals surface area (Å²) in [5.74, 6) is -0.00760. The SMILES string of the molecule is N=C/C(=C1\NCCO1)S(=O)(=O)NC(=O)Nc1c2c(cc3c1CCC3)CCC2. The van der Waals surface area contributed by atoms with Crippen molar-refractivity contribution in [3.05, 3.63) is 39.1 Å². The third-order valence-electron chi connectivity index (χ3n) is 5.22. The molecule has 1 aliphatic heterocycles. The fraction of sp³-hybridized carbons (Fsp3) is 0.444. The molecule has 0 spiro atoms. The molecule has 0 aromatic heterocycles. The van der Waals surface area contributed by atoms with Crippen LogP contribution >= 0.6 is 0 Å². The first kappa shape index (κ1) is 17.8. The molecule has 4 rings (SSSR count). The molecule has 1 fully saturated rings. The summed E-state index contributed by atoms with van der Waals surface area (Å²) in [6.45, 7) is 0.771. The number of sulfonamides is 1. The molecule has 2 aliphatic carbocycles. The second kappa shape index (κ2) is 6.88. The van der Waals surface area contributed by atoms with Crippen molar-refractivity contribution in [2.75, 3.05) is 18.5 Å². The Balaban J connectivity index is 1.59. The van der Waals surface area contributed by atoms with Gasteiger partial charge in [0.05, 0.1) is 6.54 Å². The maximum absolute atomic E-state index is 12.5. The number of benzene rings is 1. The van der Waals surface area contributed by atoms with E-state index < -0.39 is 21.0 Å². The third kappa shape index (κ3) is 3.27. The minimum Gasteiger partial charge on any atom is -0.476 e. The number of ether oxygens (including phenoxy) is 1. The highest BCUT2D eigenvalue weighted by molar-refractivity contribution is 7.94. The fourth-order valence-corrected chi connectivity index (χ4v) is 5.01. The number of anilines is 1. The van der Waals surface area contributed by atoms with Crippen molar-refractivity contribution in [3.8, 4) is 0 Å². The second-order valence-electron chi connectivity index (χ2n) is 6.91. The number of aryl methyl sites for hydroxylation is 2. The average molecular weight is 390 g/mol. The van der Waals surface area contributed by atoms with E-state index in [1.54, 1.807) is 0 Å². The predicted molar refractivity (Wildman–Crippen MR) is 101 cm³/mol. The summed E-state index contributed by atoms with van der Waals surface area (Å²) >= 11 is 0. The maximum atomic E-state index is 12.5. The highest BCUT2D eigenvalue weighted by Gasteiger charge is 2.29. The molecule has 1 aromatic carbocycles.